The van der Waals surface area contributed by atoms with Crippen LogP contribution in [-0.2, 0) is 9.53 Å². The number of esters is 1. The summed E-state index contributed by atoms with van der Waals surface area (Å²) in [6, 6.07) is 0. The minimum Gasteiger partial charge on any atom is -0.469 e. The summed E-state index contributed by atoms with van der Waals surface area (Å²) >= 11 is 0. The molecule has 0 saturated carbocycles. The van der Waals surface area contributed by atoms with Gasteiger partial charge in [0.2, 0.25) is 0 Å². The van der Waals surface area contributed by atoms with Gasteiger partial charge < -0.3 is 15.2 Å². The fourth-order valence-electron chi connectivity index (χ4n) is 0.706. The number of carbonyl (C=O) groups is 1. The first-order valence-corrected chi connectivity index (χ1v) is 4.16. The fraction of sp³-hybridized carbons (Fsp3) is 0.875. The van der Waals surface area contributed by atoms with E-state index >= 15 is 0 Å². The van der Waals surface area contributed by atoms with Gasteiger partial charge in [-0.05, 0) is 6.42 Å². The monoisotopic (exact) mass is 175 g/mol. The minimum atomic E-state index is -0.317. The molecule has 0 fully saturated rings. The van der Waals surface area contributed by atoms with Crippen LogP contribution < -0.4 is 5.32 Å². The molecule has 4 nitrogen and oxygen atoms in total. The summed E-state index contributed by atoms with van der Waals surface area (Å²) in [7, 11) is 1.36. The molecule has 1 unspecified atom stereocenters. The molecule has 72 valence electrons. The largest absolute Gasteiger partial charge is 0.469 e. The molecule has 0 aromatic rings. The molecule has 0 aliphatic rings. The lowest BCUT2D eigenvalue weighted by atomic mass is 10.3. The highest BCUT2D eigenvalue weighted by Gasteiger charge is 2.01. The lowest BCUT2D eigenvalue weighted by molar-refractivity contribution is -0.140. The van der Waals surface area contributed by atoms with Crippen LogP contribution in [0, 0.1) is 0 Å². The van der Waals surface area contributed by atoms with Crippen LogP contribution in [0.1, 0.15) is 19.8 Å². The van der Waals surface area contributed by atoms with Gasteiger partial charge in [0.15, 0.2) is 0 Å². The Morgan fingerprint density at radius 2 is 2.33 bits per heavy atom. The second kappa shape index (κ2) is 7.06. The van der Waals surface area contributed by atoms with Crippen LogP contribution in [0.25, 0.3) is 0 Å². The first kappa shape index (κ1) is 11.4. The number of aliphatic hydroxyl groups is 1. The Bertz CT molecular complexity index is 127. The van der Waals surface area contributed by atoms with Gasteiger partial charge >= 0.3 is 5.97 Å². The fourth-order valence-corrected chi connectivity index (χ4v) is 0.706. The predicted molar refractivity (Wildman–Crippen MR) is 45.8 cm³/mol. The summed E-state index contributed by atoms with van der Waals surface area (Å²) in [5.41, 5.74) is 0. The van der Waals surface area contributed by atoms with Gasteiger partial charge in [-0.25, -0.2) is 0 Å². The zero-order valence-electron chi connectivity index (χ0n) is 7.67. The normalized spacial score (nSPS) is 12.6. The number of nitrogens with one attached hydrogen (secondary N) is 1. The van der Waals surface area contributed by atoms with Gasteiger partial charge in [0.05, 0.1) is 19.6 Å². The lowest BCUT2D eigenvalue weighted by Crippen LogP contribution is -2.28. The van der Waals surface area contributed by atoms with Gasteiger partial charge in [-0.1, -0.05) is 6.92 Å². The summed E-state index contributed by atoms with van der Waals surface area (Å²) in [6.45, 7) is 3.00. The smallest absolute Gasteiger partial charge is 0.306 e. The Balaban J connectivity index is 3.15. The molecule has 4 heteroatoms. The molecule has 2 N–H and O–H groups in total. The molecule has 1 atom stereocenters. The van der Waals surface area contributed by atoms with Crippen LogP contribution in [0.3, 0.4) is 0 Å². The number of rotatable bonds is 6. The molecule has 0 amide bonds. The standard InChI is InChI=1S/C8H17NO3/c1-3-7(10)6-9-5-4-8(11)12-2/h7,9-10H,3-6H2,1-2H3. The third-order valence-electron chi connectivity index (χ3n) is 1.58. The summed E-state index contributed by atoms with van der Waals surface area (Å²) in [6.07, 6.45) is 0.765. The van der Waals surface area contributed by atoms with Crippen molar-refractivity contribution < 1.29 is 14.6 Å². The molecule has 0 spiro atoms. The number of carbonyl (C=O) groups excluding carboxylic acids is 1. The van der Waals surface area contributed by atoms with E-state index in [0.29, 0.717) is 19.5 Å². The van der Waals surface area contributed by atoms with Gasteiger partial charge in [-0.3, -0.25) is 4.79 Å². The van der Waals surface area contributed by atoms with Crippen molar-refractivity contribution in [3.05, 3.63) is 0 Å². The molecule has 0 radical (unpaired) electrons. The van der Waals surface area contributed by atoms with Crippen molar-refractivity contribution >= 4 is 5.97 Å². The molecule has 0 saturated heterocycles. The third-order valence-corrected chi connectivity index (χ3v) is 1.58. The molecule has 0 rings (SSSR count). The van der Waals surface area contributed by atoms with Crippen LogP contribution >= 0.6 is 0 Å². The highest BCUT2D eigenvalue weighted by atomic mass is 16.5. The average Bonchev–Trinajstić information content (AvgIpc) is 2.11. The van der Waals surface area contributed by atoms with E-state index in [9.17, 15) is 4.79 Å². The van der Waals surface area contributed by atoms with Crippen molar-refractivity contribution in [3.63, 3.8) is 0 Å². The average molecular weight is 175 g/mol. The van der Waals surface area contributed by atoms with Crippen LogP contribution in [0.4, 0.5) is 0 Å². The van der Waals surface area contributed by atoms with Crippen LogP contribution in [0.15, 0.2) is 0 Å². The number of ether oxygens (including phenoxy) is 1. The van der Waals surface area contributed by atoms with Crippen molar-refractivity contribution in [1.82, 2.24) is 5.32 Å². The van der Waals surface area contributed by atoms with E-state index in [4.69, 9.17) is 5.11 Å². The van der Waals surface area contributed by atoms with Gasteiger partial charge in [-0.15, -0.1) is 0 Å². The molecule has 0 heterocycles. The SMILES string of the molecule is CCC(O)CNCCC(=O)OC. The summed E-state index contributed by atoms with van der Waals surface area (Å²) in [5, 5.41) is 12.1. The molecule has 12 heavy (non-hydrogen) atoms. The van der Waals surface area contributed by atoms with Crippen LogP contribution in [-0.4, -0.2) is 37.4 Å². The van der Waals surface area contributed by atoms with Crippen LogP contribution in [0.5, 0.6) is 0 Å². The predicted octanol–water partition coefficient (Wildman–Crippen LogP) is -0.0900. The molecule has 0 aliphatic carbocycles. The number of methoxy groups -OCH3 is 1. The third kappa shape index (κ3) is 6.12. The quantitative estimate of drug-likeness (QED) is 0.437. The lowest BCUT2D eigenvalue weighted by Gasteiger charge is -2.08. The first-order valence-electron chi connectivity index (χ1n) is 4.16. The Labute approximate surface area is 72.9 Å². The van der Waals surface area contributed by atoms with E-state index in [1.807, 2.05) is 6.92 Å². The number of hydrogen-bond acceptors (Lipinski definition) is 4. The number of hydrogen-bond donors (Lipinski definition) is 2. The van der Waals surface area contributed by atoms with E-state index in [1.165, 1.54) is 7.11 Å². The van der Waals surface area contributed by atoms with Gasteiger partial charge in [0.25, 0.3) is 0 Å². The first-order chi connectivity index (χ1) is 5.70. The Morgan fingerprint density at radius 3 is 2.83 bits per heavy atom. The molecule has 0 aliphatic heterocycles. The second-order valence-corrected chi connectivity index (χ2v) is 2.59. The highest BCUT2D eigenvalue weighted by molar-refractivity contribution is 5.69. The van der Waals surface area contributed by atoms with Crippen molar-refractivity contribution in [2.75, 3.05) is 20.2 Å². The Morgan fingerprint density at radius 1 is 1.67 bits per heavy atom. The minimum absolute atomic E-state index is 0.228. The maximum absolute atomic E-state index is 10.6. The van der Waals surface area contributed by atoms with Crippen LogP contribution in [0.2, 0.25) is 0 Å². The Kier molecular flexibility index (Phi) is 6.70. The van der Waals surface area contributed by atoms with E-state index < -0.39 is 0 Å². The summed E-state index contributed by atoms with van der Waals surface area (Å²) in [4.78, 5) is 10.6. The zero-order chi connectivity index (χ0) is 9.40. The maximum Gasteiger partial charge on any atom is 0.306 e. The van der Waals surface area contributed by atoms with E-state index in [-0.39, 0.29) is 12.1 Å². The maximum atomic E-state index is 10.6. The van der Waals surface area contributed by atoms with Crippen molar-refractivity contribution in [2.45, 2.75) is 25.9 Å². The van der Waals surface area contributed by atoms with E-state index in [0.717, 1.165) is 6.42 Å². The molecule has 0 aromatic heterocycles. The van der Waals surface area contributed by atoms with E-state index in [2.05, 4.69) is 10.1 Å². The topological polar surface area (TPSA) is 58.6 Å². The van der Waals surface area contributed by atoms with E-state index in [1.54, 1.807) is 0 Å². The molecular formula is C8H17NO3. The van der Waals surface area contributed by atoms with Gasteiger partial charge in [0, 0.05) is 13.1 Å². The van der Waals surface area contributed by atoms with Gasteiger partial charge in [0.1, 0.15) is 0 Å². The highest BCUT2D eigenvalue weighted by Crippen LogP contribution is 1.87. The molecular weight excluding hydrogens is 158 g/mol. The number of aliphatic hydroxyl groups excluding tert-OH is 1. The summed E-state index contributed by atoms with van der Waals surface area (Å²) in [5.74, 6) is -0.228. The van der Waals surface area contributed by atoms with Crippen molar-refractivity contribution in [1.29, 1.82) is 0 Å². The zero-order valence-corrected chi connectivity index (χ0v) is 7.67. The second-order valence-electron chi connectivity index (χ2n) is 2.59. The van der Waals surface area contributed by atoms with Crippen molar-refractivity contribution in [3.8, 4) is 0 Å². The Hall–Kier alpha value is -0.610. The van der Waals surface area contributed by atoms with Gasteiger partial charge in [-0.2, -0.15) is 0 Å². The van der Waals surface area contributed by atoms with Crippen molar-refractivity contribution in [2.24, 2.45) is 0 Å². The summed E-state index contributed by atoms with van der Waals surface area (Å²) < 4.78 is 4.44. The molecule has 0 aromatic carbocycles. The molecule has 0 bridgehead atoms.